The van der Waals surface area contributed by atoms with Crippen molar-refractivity contribution in [2.75, 3.05) is 47.3 Å². The number of nitrogens with one attached hydrogen (secondary N) is 2. The highest BCUT2D eigenvalue weighted by atomic mass is 15.5. The van der Waals surface area contributed by atoms with Crippen LogP contribution < -0.4 is 10.7 Å². The van der Waals surface area contributed by atoms with Gasteiger partial charge in [0.25, 0.3) is 0 Å². The van der Waals surface area contributed by atoms with E-state index in [0.29, 0.717) is 12.0 Å². The zero-order chi connectivity index (χ0) is 17.6. The number of likely N-dealkylation sites (N-methyl/N-ethyl adjacent to an activating group) is 2. The molecular formula is C21H30N4. The molecule has 25 heavy (non-hydrogen) atoms. The predicted molar refractivity (Wildman–Crippen MR) is 105 cm³/mol. The van der Waals surface area contributed by atoms with Crippen LogP contribution in [0.1, 0.15) is 11.6 Å². The Morgan fingerprint density at radius 2 is 1.84 bits per heavy atom. The smallest absolute Gasteiger partial charge is 0.0548 e. The van der Waals surface area contributed by atoms with Crippen molar-refractivity contribution in [1.82, 2.24) is 20.7 Å². The zero-order valence-electron chi connectivity index (χ0n) is 15.6. The van der Waals surface area contributed by atoms with E-state index in [9.17, 15) is 0 Å². The summed E-state index contributed by atoms with van der Waals surface area (Å²) in [6.45, 7) is 4.21. The van der Waals surface area contributed by atoms with Crippen LogP contribution in [0, 0.1) is 5.92 Å². The lowest BCUT2D eigenvalue weighted by atomic mass is 9.88. The molecule has 2 atom stereocenters. The second-order valence-corrected chi connectivity index (χ2v) is 7.00. The van der Waals surface area contributed by atoms with Gasteiger partial charge in [-0.2, -0.15) is 0 Å². The highest BCUT2D eigenvalue weighted by Gasteiger charge is 2.34. The van der Waals surface area contributed by atoms with E-state index in [-0.39, 0.29) is 0 Å². The van der Waals surface area contributed by atoms with Crippen LogP contribution in [0.25, 0.3) is 11.1 Å². The summed E-state index contributed by atoms with van der Waals surface area (Å²) in [5.41, 5.74) is 7.59. The zero-order valence-corrected chi connectivity index (χ0v) is 15.6. The lowest BCUT2D eigenvalue weighted by Crippen LogP contribution is -2.34. The SMILES string of the molecule is CNCCN(C)CC1CNN(C)C1c1ccccc1-c1ccccc1. The Labute approximate surface area is 151 Å². The van der Waals surface area contributed by atoms with Crippen LogP contribution >= 0.6 is 0 Å². The summed E-state index contributed by atoms with van der Waals surface area (Å²) in [6.07, 6.45) is 0. The maximum Gasteiger partial charge on any atom is 0.0548 e. The normalized spacial score (nSPS) is 21.1. The lowest BCUT2D eigenvalue weighted by molar-refractivity contribution is 0.197. The summed E-state index contributed by atoms with van der Waals surface area (Å²) in [7, 11) is 6.40. The molecule has 0 radical (unpaired) electrons. The van der Waals surface area contributed by atoms with E-state index in [4.69, 9.17) is 0 Å². The number of benzene rings is 2. The Morgan fingerprint density at radius 3 is 2.60 bits per heavy atom. The van der Waals surface area contributed by atoms with Gasteiger partial charge in [-0.15, -0.1) is 0 Å². The standard InChI is InChI=1S/C21H30N4/c1-22-13-14-24(2)16-18-15-23-25(3)21(18)20-12-8-7-11-19(20)17-9-5-4-6-10-17/h4-12,18,21-23H,13-16H2,1-3H3. The molecule has 1 heterocycles. The third kappa shape index (κ3) is 4.28. The van der Waals surface area contributed by atoms with Gasteiger partial charge in [-0.25, -0.2) is 5.01 Å². The van der Waals surface area contributed by atoms with Crippen molar-refractivity contribution in [3.63, 3.8) is 0 Å². The molecule has 134 valence electrons. The van der Waals surface area contributed by atoms with Crippen LogP contribution in [0.5, 0.6) is 0 Å². The topological polar surface area (TPSA) is 30.5 Å². The van der Waals surface area contributed by atoms with Gasteiger partial charge < -0.3 is 10.2 Å². The Balaban J connectivity index is 1.86. The lowest BCUT2D eigenvalue weighted by Gasteiger charge is -2.29. The molecule has 0 aromatic heterocycles. The first-order chi connectivity index (χ1) is 12.2. The number of nitrogens with zero attached hydrogens (tertiary/aromatic N) is 2. The van der Waals surface area contributed by atoms with Crippen molar-refractivity contribution >= 4 is 0 Å². The van der Waals surface area contributed by atoms with Crippen LogP contribution in [0.4, 0.5) is 0 Å². The number of rotatable bonds is 7. The maximum atomic E-state index is 3.55. The Bertz CT molecular complexity index is 658. The van der Waals surface area contributed by atoms with E-state index in [2.05, 4.69) is 89.3 Å². The quantitative estimate of drug-likeness (QED) is 0.812. The van der Waals surface area contributed by atoms with E-state index in [1.807, 2.05) is 7.05 Å². The molecule has 1 saturated heterocycles. The van der Waals surface area contributed by atoms with Crippen LogP contribution in [-0.4, -0.2) is 57.2 Å². The second-order valence-electron chi connectivity index (χ2n) is 7.00. The van der Waals surface area contributed by atoms with Crippen LogP contribution in [0.2, 0.25) is 0 Å². The Hall–Kier alpha value is -1.72. The third-order valence-electron chi connectivity index (χ3n) is 5.12. The van der Waals surface area contributed by atoms with Crippen molar-refractivity contribution in [2.45, 2.75) is 6.04 Å². The summed E-state index contributed by atoms with van der Waals surface area (Å²) in [6, 6.07) is 19.9. The fourth-order valence-corrected chi connectivity index (χ4v) is 3.84. The maximum absolute atomic E-state index is 3.55. The molecule has 0 bridgehead atoms. The first-order valence-electron chi connectivity index (χ1n) is 9.14. The monoisotopic (exact) mass is 338 g/mol. The molecule has 0 aliphatic carbocycles. The minimum atomic E-state index is 0.383. The third-order valence-corrected chi connectivity index (χ3v) is 5.12. The van der Waals surface area contributed by atoms with Crippen molar-refractivity contribution in [3.05, 3.63) is 60.2 Å². The van der Waals surface area contributed by atoms with E-state index in [1.165, 1.54) is 16.7 Å². The Morgan fingerprint density at radius 1 is 1.12 bits per heavy atom. The number of hydrazine groups is 1. The van der Waals surface area contributed by atoms with E-state index >= 15 is 0 Å². The molecule has 2 aromatic rings. The van der Waals surface area contributed by atoms with Crippen molar-refractivity contribution in [1.29, 1.82) is 0 Å². The molecule has 4 nitrogen and oxygen atoms in total. The van der Waals surface area contributed by atoms with Crippen LogP contribution in [0.3, 0.4) is 0 Å². The van der Waals surface area contributed by atoms with E-state index < -0.39 is 0 Å². The first-order valence-corrected chi connectivity index (χ1v) is 9.14. The van der Waals surface area contributed by atoms with Gasteiger partial charge in [-0.05, 0) is 30.8 Å². The average Bonchev–Trinajstić information content (AvgIpc) is 3.00. The van der Waals surface area contributed by atoms with Gasteiger partial charge in [-0.1, -0.05) is 54.6 Å². The highest BCUT2D eigenvalue weighted by Crippen LogP contribution is 2.37. The second kappa shape index (κ2) is 8.59. The van der Waals surface area contributed by atoms with Crippen molar-refractivity contribution in [3.8, 4) is 11.1 Å². The highest BCUT2D eigenvalue weighted by molar-refractivity contribution is 5.68. The predicted octanol–water partition coefficient (Wildman–Crippen LogP) is 2.61. The summed E-state index contributed by atoms with van der Waals surface area (Å²) in [4.78, 5) is 2.43. The Kier molecular flexibility index (Phi) is 6.21. The van der Waals surface area contributed by atoms with Gasteiger partial charge in [0.15, 0.2) is 0 Å². The molecule has 2 N–H and O–H groups in total. The minimum Gasteiger partial charge on any atom is -0.318 e. The van der Waals surface area contributed by atoms with Crippen molar-refractivity contribution in [2.24, 2.45) is 5.92 Å². The molecule has 3 rings (SSSR count). The molecule has 1 aliphatic rings. The first kappa shape index (κ1) is 18.1. The fourth-order valence-electron chi connectivity index (χ4n) is 3.84. The van der Waals surface area contributed by atoms with Gasteiger partial charge in [0, 0.05) is 39.1 Å². The summed E-state index contributed by atoms with van der Waals surface area (Å²) >= 11 is 0. The molecule has 4 heteroatoms. The summed E-state index contributed by atoms with van der Waals surface area (Å²) < 4.78 is 0. The van der Waals surface area contributed by atoms with Crippen LogP contribution in [-0.2, 0) is 0 Å². The van der Waals surface area contributed by atoms with Gasteiger partial charge in [0.2, 0.25) is 0 Å². The van der Waals surface area contributed by atoms with Gasteiger partial charge in [0.05, 0.1) is 6.04 Å². The van der Waals surface area contributed by atoms with Gasteiger partial charge in [-0.3, -0.25) is 5.43 Å². The molecule has 0 saturated carbocycles. The van der Waals surface area contributed by atoms with Crippen LogP contribution in [0.15, 0.2) is 54.6 Å². The van der Waals surface area contributed by atoms with Crippen molar-refractivity contribution < 1.29 is 0 Å². The largest absolute Gasteiger partial charge is 0.318 e. The van der Waals surface area contributed by atoms with E-state index in [1.54, 1.807) is 0 Å². The summed E-state index contributed by atoms with van der Waals surface area (Å²) in [5.74, 6) is 0.566. The average molecular weight is 338 g/mol. The molecular weight excluding hydrogens is 308 g/mol. The molecule has 0 spiro atoms. The number of hydrogen-bond acceptors (Lipinski definition) is 4. The minimum absolute atomic E-state index is 0.383. The number of hydrogen-bond donors (Lipinski definition) is 2. The molecule has 2 aromatic carbocycles. The van der Waals surface area contributed by atoms with Gasteiger partial charge >= 0.3 is 0 Å². The molecule has 1 aliphatic heterocycles. The fraction of sp³-hybridized carbons (Fsp3) is 0.429. The molecule has 2 unspecified atom stereocenters. The molecule has 1 fully saturated rings. The van der Waals surface area contributed by atoms with Gasteiger partial charge in [0.1, 0.15) is 0 Å². The summed E-state index contributed by atoms with van der Waals surface area (Å²) in [5, 5.41) is 5.53. The molecule has 0 amide bonds. The van der Waals surface area contributed by atoms with E-state index in [0.717, 1.165) is 26.2 Å².